The number of nitrogens with zero attached hydrogens (tertiary/aromatic N) is 3. The summed E-state index contributed by atoms with van der Waals surface area (Å²) < 4.78 is 33.3. The number of thioether (sulfide) groups is 1. The molecule has 1 fully saturated rings. The molecule has 7 nitrogen and oxygen atoms in total. The lowest BCUT2D eigenvalue weighted by atomic mass is 10.1. The molecule has 1 saturated heterocycles. The van der Waals surface area contributed by atoms with Gasteiger partial charge < -0.3 is 9.32 Å². The molecule has 3 aromatic rings. The van der Waals surface area contributed by atoms with E-state index in [-0.39, 0.29) is 10.8 Å². The second kappa shape index (κ2) is 9.02. The fraction of sp³-hybridized carbons (Fsp3) is 0.364. The van der Waals surface area contributed by atoms with Gasteiger partial charge in [0.2, 0.25) is 15.9 Å². The van der Waals surface area contributed by atoms with Crippen molar-refractivity contribution in [2.45, 2.75) is 34.6 Å². The average Bonchev–Trinajstić information content (AvgIpc) is 3.20. The van der Waals surface area contributed by atoms with Gasteiger partial charge in [-0.2, -0.15) is 4.31 Å². The number of carbonyl (C=O) groups excluding carboxylic acids is 1. The lowest BCUT2D eigenvalue weighted by Gasteiger charge is -2.25. The van der Waals surface area contributed by atoms with Crippen LogP contribution in [0.4, 0.5) is 0 Å². The summed E-state index contributed by atoms with van der Waals surface area (Å²) >= 11 is 1.22. The molecule has 1 aliphatic heterocycles. The quantitative estimate of drug-likeness (QED) is 0.520. The molecule has 2 heterocycles. The Morgan fingerprint density at radius 1 is 1.10 bits per heavy atom. The minimum atomic E-state index is -3.55. The van der Waals surface area contributed by atoms with Crippen LogP contribution in [0.2, 0.25) is 0 Å². The van der Waals surface area contributed by atoms with Crippen molar-refractivity contribution >= 4 is 38.8 Å². The van der Waals surface area contributed by atoms with Gasteiger partial charge in [-0.05, 0) is 48.4 Å². The van der Waals surface area contributed by atoms with Gasteiger partial charge in [-0.3, -0.25) is 4.79 Å². The molecule has 0 aliphatic carbocycles. The number of rotatable bonds is 6. The van der Waals surface area contributed by atoms with Gasteiger partial charge in [0, 0.05) is 27.2 Å². The Balaban J connectivity index is 1.63. The molecule has 1 aromatic heterocycles. The van der Waals surface area contributed by atoms with Crippen LogP contribution in [-0.4, -0.2) is 55.7 Å². The SMILES string of the molecule is CN(C)C(=O)[C@H](Sc1nc2cc(S(=O)(=O)N3CCCCC3)ccc2o1)c1ccccc1. The number of hydrogen-bond donors (Lipinski definition) is 0. The topological polar surface area (TPSA) is 83.7 Å². The predicted molar refractivity (Wildman–Crippen MR) is 120 cm³/mol. The number of aromatic nitrogens is 1. The zero-order valence-corrected chi connectivity index (χ0v) is 19.2. The molecular formula is C22H25N3O4S2. The lowest BCUT2D eigenvalue weighted by molar-refractivity contribution is -0.128. The smallest absolute Gasteiger partial charge is 0.257 e. The van der Waals surface area contributed by atoms with Gasteiger partial charge in [-0.25, -0.2) is 13.4 Å². The largest absolute Gasteiger partial charge is 0.431 e. The summed E-state index contributed by atoms with van der Waals surface area (Å²) in [7, 11) is -0.129. The summed E-state index contributed by atoms with van der Waals surface area (Å²) in [6, 6.07) is 14.2. The molecule has 4 rings (SSSR count). The lowest BCUT2D eigenvalue weighted by Crippen LogP contribution is -2.35. The number of sulfonamides is 1. The van der Waals surface area contributed by atoms with Crippen LogP contribution >= 0.6 is 11.8 Å². The summed E-state index contributed by atoms with van der Waals surface area (Å²) in [6.07, 6.45) is 2.82. The van der Waals surface area contributed by atoms with Gasteiger partial charge in [0.15, 0.2) is 5.58 Å². The second-order valence-corrected chi connectivity index (χ2v) is 10.7. The Morgan fingerprint density at radius 2 is 1.81 bits per heavy atom. The Labute approximate surface area is 186 Å². The highest BCUT2D eigenvalue weighted by atomic mass is 32.2. The van der Waals surface area contributed by atoms with Crippen LogP contribution in [0.3, 0.4) is 0 Å². The molecule has 0 spiro atoms. The highest BCUT2D eigenvalue weighted by Crippen LogP contribution is 2.37. The molecule has 9 heteroatoms. The maximum Gasteiger partial charge on any atom is 0.257 e. The Morgan fingerprint density at radius 3 is 2.48 bits per heavy atom. The van der Waals surface area contributed by atoms with Crippen LogP contribution in [0.1, 0.15) is 30.1 Å². The Kier molecular flexibility index (Phi) is 6.36. The number of piperidine rings is 1. The fourth-order valence-corrected chi connectivity index (χ4v) is 6.21. The van der Waals surface area contributed by atoms with Crippen LogP contribution in [0.5, 0.6) is 0 Å². The van der Waals surface area contributed by atoms with E-state index in [0.717, 1.165) is 24.8 Å². The molecule has 0 bridgehead atoms. The average molecular weight is 460 g/mol. The Bertz CT molecular complexity index is 1170. The zero-order chi connectivity index (χ0) is 22.0. The summed E-state index contributed by atoms with van der Waals surface area (Å²) in [4.78, 5) is 19.0. The summed E-state index contributed by atoms with van der Waals surface area (Å²) in [5, 5.41) is -0.188. The van der Waals surface area contributed by atoms with Crippen molar-refractivity contribution in [1.29, 1.82) is 0 Å². The van der Waals surface area contributed by atoms with E-state index >= 15 is 0 Å². The third-order valence-corrected chi connectivity index (χ3v) is 8.26. The van der Waals surface area contributed by atoms with Crippen molar-refractivity contribution in [2.24, 2.45) is 0 Å². The first kappa shape index (κ1) is 21.9. The minimum Gasteiger partial charge on any atom is -0.431 e. The molecule has 1 amide bonds. The first-order valence-electron chi connectivity index (χ1n) is 10.2. The summed E-state index contributed by atoms with van der Waals surface area (Å²) in [5.41, 5.74) is 1.80. The van der Waals surface area contributed by atoms with Gasteiger partial charge in [0.1, 0.15) is 10.8 Å². The number of likely N-dealkylation sites (N-methyl/N-ethyl adjacent to an activating group) is 1. The first-order valence-corrected chi connectivity index (χ1v) is 12.5. The van der Waals surface area contributed by atoms with Crippen molar-refractivity contribution < 1.29 is 17.6 Å². The molecular weight excluding hydrogens is 434 g/mol. The molecule has 0 unspecified atom stereocenters. The van der Waals surface area contributed by atoms with E-state index in [1.165, 1.54) is 21.0 Å². The second-order valence-electron chi connectivity index (χ2n) is 7.72. The third kappa shape index (κ3) is 4.63. The van der Waals surface area contributed by atoms with Gasteiger partial charge in [-0.15, -0.1) is 0 Å². The number of oxazole rings is 1. The molecule has 0 N–H and O–H groups in total. The number of fused-ring (bicyclic) bond motifs is 1. The van der Waals surface area contributed by atoms with Crippen LogP contribution in [0, 0.1) is 0 Å². The Hall–Kier alpha value is -2.36. The summed E-state index contributed by atoms with van der Waals surface area (Å²) in [6.45, 7) is 1.09. The van der Waals surface area contributed by atoms with E-state index in [0.29, 0.717) is 29.4 Å². The van der Waals surface area contributed by atoms with Crippen molar-refractivity contribution in [3.05, 3.63) is 54.1 Å². The monoisotopic (exact) mass is 459 g/mol. The van der Waals surface area contributed by atoms with Crippen LogP contribution in [0.25, 0.3) is 11.1 Å². The molecule has 164 valence electrons. The number of amides is 1. The molecule has 1 aliphatic rings. The van der Waals surface area contributed by atoms with Gasteiger partial charge >= 0.3 is 0 Å². The molecule has 0 radical (unpaired) electrons. The zero-order valence-electron chi connectivity index (χ0n) is 17.5. The van der Waals surface area contributed by atoms with Crippen LogP contribution < -0.4 is 0 Å². The maximum absolute atomic E-state index is 13.0. The molecule has 1 atom stereocenters. The van der Waals surface area contributed by atoms with E-state index in [2.05, 4.69) is 4.98 Å². The summed E-state index contributed by atoms with van der Waals surface area (Å²) in [5.74, 6) is -0.0770. The van der Waals surface area contributed by atoms with Crippen LogP contribution in [0.15, 0.2) is 63.1 Å². The van der Waals surface area contributed by atoms with Crippen LogP contribution in [-0.2, 0) is 14.8 Å². The van der Waals surface area contributed by atoms with E-state index in [1.54, 1.807) is 32.3 Å². The predicted octanol–water partition coefficient (Wildman–Crippen LogP) is 3.92. The van der Waals surface area contributed by atoms with E-state index < -0.39 is 15.3 Å². The van der Waals surface area contributed by atoms with Gasteiger partial charge in [0.25, 0.3) is 5.22 Å². The van der Waals surface area contributed by atoms with Crippen molar-refractivity contribution in [3.63, 3.8) is 0 Å². The minimum absolute atomic E-state index is 0.0770. The molecule has 31 heavy (non-hydrogen) atoms. The van der Waals surface area contributed by atoms with E-state index in [9.17, 15) is 13.2 Å². The maximum atomic E-state index is 13.0. The third-order valence-electron chi connectivity index (χ3n) is 5.28. The van der Waals surface area contributed by atoms with E-state index in [4.69, 9.17) is 4.42 Å². The highest BCUT2D eigenvalue weighted by Gasteiger charge is 2.28. The number of benzene rings is 2. The fourth-order valence-electron chi connectivity index (χ4n) is 3.58. The number of hydrogen-bond acceptors (Lipinski definition) is 6. The molecule has 2 aromatic carbocycles. The van der Waals surface area contributed by atoms with Gasteiger partial charge in [0.05, 0.1) is 4.90 Å². The van der Waals surface area contributed by atoms with Crippen molar-refractivity contribution in [2.75, 3.05) is 27.2 Å². The first-order chi connectivity index (χ1) is 14.9. The highest BCUT2D eigenvalue weighted by molar-refractivity contribution is 8.00. The molecule has 0 saturated carbocycles. The standard InChI is InChI=1S/C22H25N3O4S2/c1-24(2)21(26)20(16-9-5-3-6-10-16)30-22-23-18-15-17(11-12-19(18)29-22)31(27,28)25-13-7-4-8-14-25/h3,5-6,9-12,15,20H,4,7-8,13-14H2,1-2H3/t20-/m1/s1. The number of carbonyl (C=O) groups is 1. The van der Waals surface area contributed by atoms with Gasteiger partial charge in [-0.1, -0.05) is 36.8 Å². The van der Waals surface area contributed by atoms with E-state index in [1.807, 2.05) is 30.3 Å². The van der Waals surface area contributed by atoms with Crippen molar-refractivity contribution in [3.8, 4) is 0 Å². The van der Waals surface area contributed by atoms with Crippen molar-refractivity contribution in [1.82, 2.24) is 14.2 Å². The normalized spacial score (nSPS) is 16.3.